The number of hydrogen-bond donors (Lipinski definition) is 2. The zero-order valence-corrected chi connectivity index (χ0v) is 18.1. The van der Waals surface area contributed by atoms with Gasteiger partial charge in [0, 0.05) is 28.6 Å². The highest BCUT2D eigenvalue weighted by atomic mass is 16.6. The zero-order chi connectivity index (χ0) is 22.4. The van der Waals surface area contributed by atoms with Gasteiger partial charge in [0.1, 0.15) is 12.9 Å². The molecule has 7 nitrogen and oxygen atoms in total. The molecular formula is C26H22N5O2+. The van der Waals surface area contributed by atoms with E-state index in [4.69, 9.17) is 9.82 Å². The molecule has 0 saturated heterocycles. The molecule has 1 atom stereocenters. The lowest BCUT2D eigenvalue weighted by molar-refractivity contribution is -0.885. The number of imidazole rings is 1. The van der Waals surface area contributed by atoms with E-state index in [9.17, 15) is 4.79 Å². The van der Waals surface area contributed by atoms with Gasteiger partial charge in [-0.3, -0.25) is 14.6 Å². The van der Waals surface area contributed by atoms with Crippen LogP contribution in [0.3, 0.4) is 0 Å². The monoisotopic (exact) mass is 436 g/mol. The zero-order valence-electron chi connectivity index (χ0n) is 18.1. The topological polar surface area (TPSA) is 83.8 Å². The summed E-state index contributed by atoms with van der Waals surface area (Å²) in [5, 5.41) is 3.25. The lowest BCUT2D eigenvalue weighted by atomic mass is 9.93. The predicted octanol–water partition coefficient (Wildman–Crippen LogP) is 3.56. The first-order valence-electron chi connectivity index (χ1n) is 10.9. The molecule has 3 heterocycles. The Bertz CT molecular complexity index is 1420. The van der Waals surface area contributed by atoms with Crippen LogP contribution < -0.4 is 14.9 Å². The third kappa shape index (κ3) is 3.20. The van der Waals surface area contributed by atoms with E-state index < -0.39 is 0 Å². The van der Waals surface area contributed by atoms with Crippen LogP contribution in [-0.4, -0.2) is 28.0 Å². The van der Waals surface area contributed by atoms with Crippen LogP contribution in [0.4, 0.5) is 0 Å². The maximum atomic E-state index is 13.1. The van der Waals surface area contributed by atoms with E-state index in [1.807, 2.05) is 12.1 Å². The Balaban J connectivity index is 1.42. The first-order valence-corrected chi connectivity index (χ1v) is 10.9. The summed E-state index contributed by atoms with van der Waals surface area (Å²) in [4.78, 5) is 30.7. The number of nitrogens with zero attached hydrogens (tertiary/aromatic N) is 3. The quantitative estimate of drug-likeness (QED) is 0.479. The number of hydrogen-bond acceptors (Lipinski definition) is 4. The summed E-state index contributed by atoms with van der Waals surface area (Å²) < 4.78 is 1.54. The van der Waals surface area contributed by atoms with E-state index in [2.05, 4.69) is 39.6 Å². The van der Waals surface area contributed by atoms with Crippen molar-refractivity contribution in [2.45, 2.75) is 18.9 Å². The number of carbonyl (C=O) groups excluding carboxylic acids is 1. The average Bonchev–Trinajstić information content (AvgIpc) is 3.44. The average molecular weight is 436 g/mol. The minimum absolute atomic E-state index is 0.123. The lowest BCUT2D eigenvalue weighted by Gasteiger charge is -2.18. The molecule has 7 heteroatoms. The second kappa shape index (κ2) is 7.70. The second-order valence-electron chi connectivity index (χ2n) is 8.16. The van der Waals surface area contributed by atoms with Crippen molar-refractivity contribution < 1.29 is 14.4 Å². The standard InChI is InChI=1S/C26H21N5O2/c1-33-31-13-10-16(11-14-31)26(32)30-24-18-6-3-2-5-17(18)23-19(24)7-4-8-20(23)25-28-21-9-12-27-15-22(21)29-25/h3-4,6-15,24H,2,5H2,1H3,(H-,27,28,29,30,32)/p+1. The number of allylic oxidation sites excluding steroid dienone is 2. The van der Waals surface area contributed by atoms with Crippen molar-refractivity contribution in [3.63, 3.8) is 0 Å². The highest BCUT2D eigenvalue weighted by Crippen LogP contribution is 2.48. The molecule has 1 unspecified atom stereocenters. The fourth-order valence-corrected chi connectivity index (χ4v) is 4.78. The number of carbonyl (C=O) groups is 1. The highest BCUT2D eigenvalue weighted by Gasteiger charge is 2.34. The summed E-state index contributed by atoms with van der Waals surface area (Å²) in [6, 6.07) is 11.4. The maximum absolute atomic E-state index is 13.1. The SMILES string of the molecule is CO[n+]1ccc(C(=O)NC2C3=C(CCC=C3)c3c(-c4nc5ccncc5[nH]4)cccc32)cc1. The fourth-order valence-electron chi connectivity index (χ4n) is 4.78. The van der Waals surface area contributed by atoms with Gasteiger partial charge in [0.15, 0.2) is 0 Å². The number of H-pyrrole nitrogens is 1. The minimum atomic E-state index is -0.209. The molecule has 1 aromatic carbocycles. The van der Waals surface area contributed by atoms with Gasteiger partial charge in [0.2, 0.25) is 12.4 Å². The Morgan fingerprint density at radius 1 is 1.21 bits per heavy atom. The highest BCUT2D eigenvalue weighted by molar-refractivity contribution is 5.97. The van der Waals surface area contributed by atoms with Gasteiger partial charge in [-0.15, -0.1) is 0 Å². The molecule has 0 saturated carbocycles. The van der Waals surface area contributed by atoms with Crippen molar-refractivity contribution in [1.82, 2.24) is 20.3 Å². The Morgan fingerprint density at radius 2 is 2.09 bits per heavy atom. The van der Waals surface area contributed by atoms with Gasteiger partial charge in [-0.1, -0.05) is 30.4 Å². The van der Waals surface area contributed by atoms with Crippen molar-refractivity contribution in [3.05, 3.63) is 95.6 Å². The van der Waals surface area contributed by atoms with E-state index in [0.717, 1.165) is 46.4 Å². The Labute approximate surface area is 190 Å². The smallest absolute Gasteiger partial charge is 0.252 e. The maximum Gasteiger partial charge on any atom is 0.252 e. The van der Waals surface area contributed by atoms with Crippen LogP contribution in [0, 0.1) is 0 Å². The number of benzene rings is 1. The summed E-state index contributed by atoms with van der Waals surface area (Å²) in [5.74, 6) is 0.692. The number of fused-ring (bicyclic) bond motifs is 3. The Morgan fingerprint density at radius 3 is 2.91 bits per heavy atom. The van der Waals surface area contributed by atoms with E-state index in [-0.39, 0.29) is 11.9 Å². The summed E-state index contributed by atoms with van der Waals surface area (Å²) in [5.41, 5.74) is 8.11. The summed E-state index contributed by atoms with van der Waals surface area (Å²) in [7, 11) is 1.58. The van der Waals surface area contributed by atoms with Gasteiger partial charge >= 0.3 is 0 Å². The van der Waals surface area contributed by atoms with E-state index in [0.29, 0.717) is 5.56 Å². The van der Waals surface area contributed by atoms with E-state index in [1.165, 1.54) is 11.1 Å². The number of amides is 1. The molecule has 0 fully saturated rings. The van der Waals surface area contributed by atoms with Crippen LogP contribution in [-0.2, 0) is 0 Å². The summed E-state index contributed by atoms with van der Waals surface area (Å²) in [6.07, 6.45) is 13.2. The van der Waals surface area contributed by atoms with Crippen LogP contribution >= 0.6 is 0 Å². The molecule has 3 aromatic heterocycles. The third-order valence-electron chi connectivity index (χ3n) is 6.32. The van der Waals surface area contributed by atoms with Gasteiger partial charge in [0.25, 0.3) is 5.91 Å². The van der Waals surface area contributed by atoms with Crippen molar-refractivity contribution >= 4 is 22.5 Å². The number of nitrogens with one attached hydrogen (secondary N) is 2. The van der Waals surface area contributed by atoms with Crippen LogP contribution in [0.25, 0.3) is 28.0 Å². The summed E-state index contributed by atoms with van der Waals surface area (Å²) in [6.45, 7) is 0. The normalized spacial score (nSPS) is 16.6. The molecule has 6 rings (SSSR count). The molecule has 0 aliphatic heterocycles. The van der Waals surface area contributed by atoms with Crippen LogP contribution in [0.15, 0.2) is 78.9 Å². The Kier molecular flexibility index (Phi) is 4.54. The van der Waals surface area contributed by atoms with Crippen LogP contribution in [0.1, 0.15) is 40.4 Å². The molecule has 4 aromatic rings. The van der Waals surface area contributed by atoms with Crippen molar-refractivity contribution in [1.29, 1.82) is 0 Å². The molecule has 162 valence electrons. The Hall–Kier alpha value is -4.26. The number of pyridine rings is 2. The van der Waals surface area contributed by atoms with Gasteiger partial charge in [-0.2, -0.15) is 0 Å². The molecular weight excluding hydrogens is 414 g/mol. The van der Waals surface area contributed by atoms with Crippen molar-refractivity contribution in [2.75, 3.05) is 7.11 Å². The molecule has 0 radical (unpaired) electrons. The third-order valence-corrected chi connectivity index (χ3v) is 6.32. The minimum Gasteiger partial charge on any atom is -0.341 e. The van der Waals surface area contributed by atoms with Crippen molar-refractivity contribution in [2.24, 2.45) is 0 Å². The largest absolute Gasteiger partial charge is 0.341 e. The van der Waals surface area contributed by atoms with E-state index in [1.54, 1.807) is 48.8 Å². The molecule has 0 spiro atoms. The van der Waals surface area contributed by atoms with Crippen molar-refractivity contribution in [3.8, 4) is 11.4 Å². The summed E-state index contributed by atoms with van der Waals surface area (Å²) >= 11 is 0. The fraction of sp³-hybridized carbons (Fsp3) is 0.154. The van der Waals surface area contributed by atoms with Gasteiger partial charge < -0.3 is 10.3 Å². The van der Waals surface area contributed by atoms with E-state index >= 15 is 0 Å². The first-order chi connectivity index (χ1) is 16.2. The van der Waals surface area contributed by atoms with Gasteiger partial charge in [0.05, 0.1) is 28.8 Å². The first kappa shape index (κ1) is 19.4. The van der Waals surface area contributed by atoms with Crippen LogP contribution in [0.2, 0.25) is 0 Å². The molecule has 0 bridgehead atoms. The molecule has 33 heavy (non-hydrogen) atoms. The molecule has 2 aliphatic rings. The van der Waals surface area contributed by atoms with Gasteiger partial charge in [-0.05, 0) is 41.2 Å². The number of aromatic amines is 1. The molecule has 2 N–H and O–H groups in total. The molecule has 2 aliphatic carbocycles. The second-order valence-corrected chi connectivity index (χ2v) is 8.16. The predicted molar refractivity (Wildman–Crippen MR) is 124 cm³/mol. The van der Waals surface area contributed by atoms with Crippen LogP contribution in [0.5, 0.6) is 0 Å². The van der Waals surface area contributed by atoms with Gasteiger partial charge in [-0.25, -0.2) is 4.98 Å². The number of rotatable bonds is 4. The lowest BCUT2D eigenvalue weighted by Crippen LogP contribution is -2.40. The number of aromatic nitrogens is 4. The molecule has 1 amide bonds.